The van der Waals surface area contributed by atoms with Crippen molar-refractivity contribution in [2.45, 2.75) is 13.1 Å². The number of nitrogens with two attached hydrogens (primary N) is 1. The zero-order chi connectivity index (χ0) is 15.4. The number of hydrogen-bond acceptors (Lipinski definition) is 2. The van der Waals surface area contributed by atoms with Crippen molar-refractivity contribution in [3.63, 3.8) is 0 Å². The van der Waals surface area contributed by atoms with Gasteiger partial charge >= 0.3 is 0 Å². The zero-order valence-electron chi connectivity index (χ0n) is 11.0. The molecule has 0 aromatic heterocycles. The summed E-state index contributed by atoms with van der Waals surface area (Å²) in [5.74, 6) is -2.26. The summed E-state index contributed by atoms with van der Waals surface area (Å²) in [6.07, 6.45) is 0. The van der Waals surface area contributed by atoms with E-state index in [0.29, 0.717) is 0 Å². The molecule has 110 valence electrons. The van der Waals surface area contributed by atoms with E-state index in [2.05, 4.69) is 5.32 Å². The number of halogens is 3. The largest absolute Gasteiger partial charge is 0.366 e. The molecule has 0 unspecified atom stereocenters. The summed E-state index contributed by atoms with van der Waals surface area (Å²) in [4.78, 5) is 11.0. The molecule has 6 heteroatoms. The fourth-order valence-corrected chi connectivity index (χ4v) is 1.87. The third kappa shape index (κ3) is 3.82. The molecule has 2 rings (SSSR count). The zero-order valence-corrected chi connectivity index (χ0v) is 11.0. The average molecular weight is 294 g/mol. The lowest BCUT2D eigenvalue weighted by atomic mass is 10.1. The van der Waals surface area contributed by atoms with Crippen molar-refractivity contribution in [2.75, 3.05) is 0 Å². The highest BCUT2D eigenvalue weighted by Gasteiger charge is 2.08. The van der Waals surface area contributed by atoms with Crippen LogP contribution in [0.25, 0.3) is 0 Å². The first kappa shape index (κ1) is 15.1. The number of benzene rings is 2. The molecule has 3 N–H and O–H groups in total. The molecule has 0 spiro atoms. The third-order valence-electron chi connectivity index (χ3n) is 2.97. The van der Waals surface area contributed by atoms with Crippen LogP contribution in [0.5, 0.6) is 0 Å². The van der Waals surface area contributed by atoms with Gasteiger partial charge in [0.2, 0.25) is 5.91 Å². The number of rotatable bonds is 5. The average Bonchev–Trinajstić information content (AvgIpc) is 2.44. The Kier molecular flexibility index (Phi) is 4.59. The summed E-state index contributed by atoms with van der Waals surface area (Å²) >= 11 is 0. The van der Waals surface area contributed by atoms with E-state index < -0.39 is 23.4 Å². The van der Waals surface area contributed by atoms with Gasteiger partial charge in [-0.2, -0.15) is 0 Å². The molecule has 0 atom stereocenters. The van der Waals surface area contributed by atoms with Gasteiger partial charge in [0.1, 0.15) is 17.5 Å². The summed E-state index contributed by atoms with van der Waals surface area (Å²) in [7, 11) is 0. The SMILES string of the molecule is NC(=O)c1ccc(F)c(CNCc2cc(F)ccc2F)c1. The smallest absolute Gasteiger partial charge is 0.248 e. The summed E-state index contributed by atoms with van der Waals surface area (Å²) in [5, 5.41) is 2.79. The van der Waals surface area contributed by atoms with Crippen LogP contribution in [0.15, 0.2) is 36.4 Å². The van der Waals surface area contributed by atoms with Gasteiger partial charge in [-0.25, -0.2) is 13.2 Å². The minimum atomic E-state index is -0.660. The molecule has 3 nitrogen and oxygen atoms in total. The van der Waals surface area contributed by atoms with Gasteiger partial charge < -0.3 is 11.1 Å². The van der Waals surface area contributed by atoms with Gasteiger partial charge in [-0.05, 0) is 36.4 Å². The van der Waals surface area contributed by atoms with E-state index in [-0.39, 0.29) is 29.8 Å². The van der Waals surface area contributed by atoms with E-state index in [1.807, 2.05) is 0 Å². The van der Waals surface area contributed by atoms with Crippen molar-refractivity contribution < 1.29 is 18.0 Å². The number of amides is 1. The first-order chi connectivity index (χ1) is 9.97. The number of carbonyl (C=O) groups is 1. The maximum absolute atomic E-state index is 13.6. The highest BCUT2D eigenvalue weighted by molar-refractivity contribution is 5.92. The second kappa shape index (κ2) is 6.41. The van der Waals surface area contributed by atoms with Crippen molar-refractivity contribution in [1.29, 1.82) is 0 Å². The Morgan fingerprint density at radius 1 is 0.952 bits per heavy atom. The molecule has 0 aliphatic rings. The molecular weight excluding hydrogens is 281 g/mol. The van der Waals surface area contributed by atoms with E-state index in [0.717, 1.165) is 24.3 Å². The number of primary amides is 1. The topological polar surface area (TPSA) is 55.1 Å². The minimum Gasteiger partial charge on any atom is -0.366 e. The Balaban J connectivity index is 2.05. The molecule has 2 aromatic rings. The second-order valence-electron chi connectivity index (χ2n) is 4.51. The van der Waals surface area contributed by atoms with Crippen molar-refractivity contribution in [3.05, 3.63) is 70.5 Å². The van der Waals surface area contributed by atoms with Crippen LogP contribution in [-0.4, -0.2) is 5.91 Å². The Labute approximate surface area is 119 Å². The van der Waals surface area contributed by atoms with Crippen LogP contribution in [0.1, 0.15) is 21.5 Å². The van der Waals surface area contributed by atoms with Gasteiger partial charge in [-0.1, -0.05) is 0 Å². The van der Waals surface area contributed by atoms with E-state index in [1.165, 1.54) is 12.1 Å². The molecule has 0 aliphatic carbocycles. The highest BCUT2D eigenvalue weighted by atomic mass is 19.1. The van der Waals surface area contributed by atoms with Crippen LogP contribution in [-0.2, 0) is 13.1 Å². The third-order valence-corrected chi connectivity index (χ3v) is 2.97. The molecule has 2 aromatic carbocycles. The summed E-state index contributed by atoms with van der Waals surface area (Å²) in [6, 6.07) is 6.87. The second-order valence-corrected chi connectivity index (χ2v) is 4.51. The van der Waals surface area contributed by atoms with Crippen molar-refractivity contribution in [1.82, 2.24) is 5.32 Å². The van der Waals surface area contributed by atoms with Crippen LogP contribution >= 0.6 is 0 Å². The first-order valence-corrected chi connectivity index (χ1v) is 6.20. The lowest BCUT2D eigenvalue weighted by molar-refractivity contribution is 0.1000. The normalized spacial score (nSPS) is 10.6. The van der Waals surface area contributed by atoms with Crippen LogP contribution < -0.4 is 11.1 Å². The van der Waals surface area contributed by atoms with Gasteiger partial charge in [-0.15, -0.1) is 0 Å². The number of hydrogen-bond donors (Lipinski definition) is 2. The summed E-state index contributed by atoms with van der Waals surface area (Å²) in [5.41, 5.74) is 5.67. The lowest BCUT2D eigenvalue weighted by Crippen LogP contribution is -2.17. The predicted molar refractivity (Wildman–Crippen MR) is 71.8 cm³/mol. The minimum absolute atomic E-state index is 0.0316. The predicted octanol–water partition coefficient (Wildman–Crippen LogP) is 2.49. The van der Waals surface area contributed by atoms with Crippen LogP contribution in [0.4, 0.5) is 13.2 Å². The Hall–Kier alpha value is -2.34. The number of carbonyl (C=O) groups excluding carboxylic acids is 1. The van der Waals surface area contributed by atoms with Crippen LogP contribution in [0, 0.1) is 17.5 Å². The van der Waals surface area contributed by atoms with E-state index >= 15 is 0 Å². The van der Waals surface area contributed by atoms with Crippen molar-refractivity contribution in [3.8, 4) is 0 Å². The molecule has 0 bridgehead atoms. The fourth-order valence-electron chi connectivity index (χ4n) is 1.87. The monoisotopic (exact) mass is 294 g/mol. The van der Waals surface area contributed by atoms with E-state index in [9.17, 15) is 18.0 Å². The van der Waals surface area contributed by atoms with Gasteiger partial charge in [0.15, 0.2) is 0 Å². The summed E-state index contributed by atoms with van der Waals surface area (Å²) < 4.78 is 40.0. The van der Waals surface area contributed by atoms with Crippen molar-refractivity contribution >= 4 is 5.91 Å². The molecule has 0 saturated carbocycles. The lowest BCUT2D eigenvalue weighted by Gasteiger charge is -2.08. The van der Waals surface area contributed by atoms with Gasteiger partial charge in [-0.3, -0.25) is 4.79 Å². The van der Waals surface area contributed by atoms with Gasteiger partial charge in [0.25, 0.3) is 0 Å². The number of nitrogens with one attached hydrogen (secondary N) is 1. The Morgan fingerprint density at radius 3 is 2.14 bits per heavy atom. The molecule has 0 fully saturated rings. The summed E-state index contributed by atoms with van der Waals surface area (Å²) in [6.45, 7) is 0.0900. The Morgan fingerprint density at radius 2 is 1.52 bits per heavy atom. The molecule has 21 heavy (non-hydrogen) atoms. The molecule has 0 aliphatic heterocycles. The first-order valence-electron chi connectivity index (χ1n) is 6.20. The van der Waals surface area contributed by atoms with Crippen LogP contribution in [0.2, 0.25) is 0 Å². The molecule has 0 saturated heterocycles. The maximum Gasteiger partial charge on any atom is 0.248 e. The quantitative estimate of drug-likeness (QED) is 0.890. The fraction of sp³-hybridized carbons (Fsp3) is 0.133. The molecule has 0 heterocycles. The van der Waals surface area contributed by atoms with Crippen molar-refractivity contribution in [2.24, 2.45) is 5.73 Å². The van der Waals surface area contributed by atoms with E-state index in [1.54, 1.807) is 0 Å². The van der Waals surface area contributed by atoms with E-state index in [4.69, 9.17) is 5.73 Å². The maximum atomic E-state index is 13.6. The van der Waals surface area contributed by atoms with Gasteiger partial charge in [0, 0.05) is 29.8 Å². The molecule has 0 radical (unpaired) electrons. The van der Waals surface area contributed by atoms with Crippen LogP contribution in [0.3, 0.4) is 0 Å². The van der Waals surface area contributed by atoms with Gasteiger partial charge in [0.05, 0.1) is 0 Å². The molecule has 1 amide bonds. The Bertz CT molecular complexity index is 674. The highest BCUT2D eigenvalue weighted by Crippen LogP contribution is 2.12. The standard InChI is InChI=1S/C15H13F3N2O/c16-12-2-4-14(18)11(6-12)8-20-7-10-5-9(15(19)21)1-3-13(10)17/h1-6,20H,7-8H2,(H2,19,21). The molecular formula is C15H13F3N2O.